The van der Waals surface area contributed by atoms with Crippen molar-refractivity contribution < 1.29 is 23.6 Å². The van der Waals surface area contributed by atoms with Crippen molar-refractivity contribution in [2.24, 2.45) is 0 Å². The van der Waals surface area contributed by atoms with Crippen LogP contribution in [0.25, 0.3) is 17.1 Å². The number of nitro benzene ring substituents is 1. The molecule has 2 aromatic heterocycles. The number of benzene rings is 2. The second-order valence-electron chi connectivity index (χ2n) is 7.75. The van der Waals surface area contributed by atoms with Crippen molar-refractivity contribution in [2.45, 2.75) is 6.42 Å². The number of aromatic nitrogens is 2. The minimum Gasteiger partial charge on any atom is -0.493 e. The molecule has 4 aromatic rings. The topological polar surface area (TPSA) is 113 Å². The van der Waals surface area contributed by atoms with E-state index in [0.29, 0.717) is 41.6 Å². The molecule has 180 valence electrons. The third kappa shape index (κ3) is 5.01. The highest BCUT2D eigenvalue weighted by molar-refractivity contribution is 5.94. The summed E-state index contributed by atoms with van der Waals surface area (Å²) in [5, 5.41) is 15.8. The molecule has 4 rings (SSSR count). The number of methoxy groups -OCH3 is 2. The molecule has 0 atom stereocenters. The lowest BCUT2D eigenvalue weighted by Gasteiger charge is -2.18. The largest absolute Gasteiger partial charge is 0.493 e. The second kappa shape index (κ2) is 10.1. The lowest BCUT2D eigenvalue weighted by Crippen LogP contribution is -2.30. The van der Waals surface area contributed by atoms with Crippen LogP contribution in [-0.2, 0) is 6.42 Å². The van der Waals surface area contributed by atoms with Gasteiger partial charge in [0.05, 0.1) is 31.1 Å². The van der Waals surface area contributed by atoms with E-state index in [0.717, 1.165) is 5.56 Å². The summed E-state index contributed by atoms with van der Waals surface area (Å²) in [5.74, 6) is 1.44. The van der Waals surface area contributed by atoms with Gasteiger partial charge in [-0.05, 0) is 42.3 Å². The van der Waals surface area contributed by atoms with E-state index < -0.39 is 4.92 Å². The molecule has 0 aliphatic carbocycles. The molecule has 1 amide bonds. The molecule has 0 radical (unpaired) electrons. The maximum atomic E-state index is 13.4. The van der Waals surface area contributed by atoms with E-state index in [1.807, 2.05) is 18.2 Å². The number of ether oxygens (including phenoxy) is 2. The van der Waals surface area contributed by atoms with E-state index in [9.17, 15) is 14.9 Å². The van der Waals surface area contributed by atoms with Gasteiger partial charge in [-0.2, -0.15) is 5.10 Å². The number of furan rings is 1. The minimum atomic E-state index is -0.489. The quantitative estimate of drug-likeness (QED) is 0.260. The molecule has 0 N–H and O–H groups in total. The Kier molecular flexibility index (Phi) is 6.81. The van der Waals surface area contributed by atoms with Crippen LogP contribution in [0.2, 0.25) is 0 Å². The second-order valence-corrected chi connectivity index (χ2v) is 7.75. The van der Waals surface area contributed by atoms with E-state index in [-0.39, 0.29) is 17.3 Å². The molecule has 2 aromatic carbocycles. The highest BCUT2D eigenvalue weighted by Crippen LogP contribution is 2.28. The van der Waals surface area contributed by atoms with Gasteiger partial charge < -0.3 is 18.8 Å². The number of rotatable bonds is 9. The highest BCUT2D eigenvalue weighted by atomic mass is 16.6. The zero-order valence-electron chi connectivity index (χ0n) is 19.5. The van der Waals surface area contributed by atoms with Crippen molar-refractivity contribution in [1.82, 2.24) is 14.7 Å². The van der Waals surface area contributed by atoms with Crippen molar-refractivity contribution >= 4 is 11.6 Å². The Morgan fingerprint density at radius 3 is 2.57 bits per heavy atom. The Morgan fingerprint density at radius 1 is 1.09 bits per heavy atom. The van der Waals surface area contributed by atoms with Crippen molar-refractivity contribution in [2.75, 3.05) is 27.8 Å². The van der Waals surface area contributed by atoms with Gasteiger partial charge >= 0.3 is 0 Å². The molecule has 0 spiro atoms. The van der Waals surface area contributed by atoms with Crippen LogP contribution in [-0.4, -0.2) is 53.3 Å². The molecule has 35 heavy (non-hydrogen) atoms. The van der Waals surface area contributed by atoms with Crippen molar-refractivity contribution in [1.29, 1.82) is 0 Å². The number of carbonyl (C=O) groups is 1. The van der Waals surface area contributed by atoms with Crippen molar-refractivity contribution in [3.8, 4) is 28.6 Å². The van der Waals surface area contributed by atoms with Crippen LogP contribution in [0, 0.1) is 10.1 Å². The molecular weight excluding hydrogens is 452 g/mol. The Morgan fingerprint density at radius 2 is 1.89 bits per heavy atom. The first kappa shape index (κ1) is 23.6. The van der Waals surface area contributed by atoms with E-state index >= 15 is 0 Å². The molecule has 0 fully saturated rings. The van der Waals surface area contributed by atoms with Gasteiger partial charge in [0.15, 0.2) is 17.3 Å². The summed E-state index contributed by atoms with van der Waals surface area (Å²) >= 11 is 0. The molecule has 10 heteroatoms. The zero-order valence-corrected chi connectivity index (χ0v) is 19.5. The van der Waals surface area contributed by atoms with E-state index in [1.54, 1.807) is 56.5 Å². The molecule has 0 unspecified atom stereocenters. The smallest absolute Gasteiger partial charge is 0.272 e. The molecule has 0 aliphatic rings. The Balaban J connectivity index is 1.62. The maximum Gasteiger partial charge on any atom is 0.272 e. The number of amides is 1. The fourth-order valence-corrected chi connectivity index (χ4v) is 3.64. The zero-order chi connectivity index (χ0) is 24.9. The number of hydrogen-bond acceptors (Lipinski definition) is 7. The molecular formula is C25H24N4O6. The number of likely N-dealkylation sites (N-methyl/N-ethyl adjacent to an activating group) is 1. The predicted molar refractivity (Wildman–Crippen MR) is 128 cm³/mol. The summed E-state index contributed by atoms with van der Waals surface area (Å²) in [6.07, 6.45) is 2.09. The normalized spacial score (nSPS) is 10.7. The third-order valence-electron chi connectivity index (χ3n) is 5.52. The highest BCUT2D eigenvalue weighted by Gasteiger charge is 2.22. The molecule has 10 nitrogen and oxygen atoms in total. The average Bonchev–Trinajstić information content (AvgIpc) is 3.57. The van der Waals surface area contributed by atoms with Gasteiger partial charge in [0.1, 0.15) is 11.4 Å². The van der Waals surface area contributed by atoms with Crippen LogP contribution in [0.5, 0.6) is 11.5 Å². The fraction of sp³-hybridized carbons (Fsp3) is 0.200. The maximum absolute atomic E-state index is 13.4. The SMILES string of the molecule is COc1ccc(CCN(C)C(=O)c2cc(-c3ccco3)nn2-c2cccc([N+](=O)[O-])c2)cc1OC. The Labute approximate surface area is 201 Å². The molecule has 0 saturated carbocycles. The van der Waals surface area contributed by atoms with Gasteiger partial charge in [-0.25, -0.2) is 4.68 Å². The first-order valence-corrected chi connectivity index (χ1v) is 10.8. The summed E-state index contributed by atoms with van der Waals surface area (Å²) in [7, 11) is 4.84. The number of non-ortho nitro benzene ring substituents is 1. The molecule has 0 saturated heterocycles. The van der Waals surface area contributed by atoms with E-state index in [2.05, 4.69) is 5.10 Å². The van der Waals surface area contributed by atoms with Crippen LogP contribution in [0.3, 0.4) is 0 Å². The van der Waals surface area contributed by atoms with Crippen LogP contribution in [0.4, 0.5) is 5.69 Å². The standard InChI is InChI=1S/C25H24N4O6/c1-27(12-11-17-9-10-23(33-2)24(14-17)34-3)25(30)21-16-20(22-8-5-13-35-22)26-28(21)18-6-4-7-19(15-18)29(31)32/h4-10,13-16H,11-12H2,1-3H3. The first-order chi connectivity index (χ1) is 16.9. The summed E-state index contributed by atoms with van der Waals surface area (Å²) in [4.78, 5) is 25.8. The average molecular weight is 476 g/mol. The number of nitrogens with zero attached hydrogens (tertiary/aromatic N) is 4. The molecule has 0 bridgehead atoms. The van der Waals surface area contributed by atoms with Crippen LogP contribution >= 0.6 is 0 Å². The van der Waals surface area contributed by atoms with Crippen LogP contribution < -0.4 is 9.47 Å². The Bertz CT molecular complexity index is 1350. The van der Waals surface area contributed by atoms with Gasteiger partial charge in [-0.3, -0.25) is 14.9 Å². The number of carbonyl (C=O) groups excluding carboxylic acids is 1. The first-order valence-electron chi connectivity index (χ1n) is 10.8. The van der Waals surface area contributed by atoms with Crippen LogP contribution in [0.1, 0.15) is 16.1 Å². The number of hydrogen-bond donors (Lipinski definition) is 0. The summed E-state index contributed by atoms with van der Waals surface area (Å²) in [6, 6.07) is 16.7. The monoisotopic (exact) mass is 476 g/mol. The van der Waals surface area contributed by atoms with Crippen molar-refractivity contribution in [3.05, 3.63) is 88.3 Å². The van der Waals surface area contributed by atoms with Gasteiger partial charge in [0.25, 0.3) is 11.6 Å². The van der Waals surface area contributed by atoms with Gasteiger partial charge in [-0.1, -0.05) is 12.1 Å². The van der Waals surface area contributed by atoms with Crippen LogP contribution in [0.15, 0.2) is 71.3 Å². The lowest BCUT2D eigenvalue weighted by molar-refractivity contribution is -0.384. The van der Waals surface area contributed by atoms with Gasteiger partial charge in [0.2, 0.25) is 0 Å². The van der Waals surface area contributed by atoms with Gasteiger partial charge in [-0.15, -0.1) is 0 Å². The fourth-order valence-electron chi connectivity index (χ4n) is 3.64. The minimum absolute atomic E-state index is 0.0993. The summed E-state index contributed by atoms with van der Waals surface area (Å²) < 4.78 is 17.5. The lowest BCUT2D eigenvalue weighted by atomic mass is 10.1. The van der Waals surface area contributed by atoms with Crippen molar-refractivity contribution in [3.63, 3.8) is 0 Å². The Hall–Kier alpha value is -4.60. The van der Waals surface area contributed by atoms with E-state index in [1.165, 1.54) is 23.1 Å². The van der Waals surface area contributed by atoms with Gasteiger partial charge in [0, 0.05) is 31.8 Å². The summed E-state index contributed by atoms with van der Waals surface area (Å²) in [5.41, 5.74) is 1.97. The predicted octanol–water partition coefficient (Wildman–Crippen LogP) is 4.37. The third-order valence-corrected chi connectivity index (χ3v) is 5.52. The summed E-state index contributed by atoms with van der Waals surface area (Å²) in [6.45, 7) is 0.421. The number of nitro groups is 1. The van der Waals surface area contributed by atoms with E-state index in [4.69, 9.17) is 13.9 Å². The molecule has 2 heterocycles. The molecule has 0 aliphatic heterocycles.